The molecular weight excluding hydrogens is 751 g/mol. The molecule has 0 saturated carbocycles. The Morgan fingerprint density at radius 2 is 0.914 bits per heavy atom. The first-order valence-corrected chi connectivity index (χ1v) is 21.5. The maximum atomic E-state index is 14.4. The molecule has 5 atom stereocenters. The third-order valence-corrected chi connectivity index (χ3v) is 12.9. The summed E-state index contributed by atoms with van der Waals surface area (Å²) < 4.78 is 74.8. The molecule has 2 aliphatic heterocycles. The van der Waals surface area contributed by atoms with E-state index in [0.29, 0.717) is 6.61 Å². The summed E-state index contributed by atoms with van der Waals surface area (Å²) in [5.41, 5.74) is 3.55. The molecule has 11 heteroatoms. The Balaban J connectivity index is 1.20. The first-order valence-electron chi connectivity index (χ1n) is 19.9. The highest BCUT2D eigenvalue weighted by Crippen LogP contribution is 2.37. The molecule has 58 heavy (non-hydrogen) atoms. The summed E-state index contributed by atoms with van der Waals surface area (Å²) >= 11 is 0. The van der Waals surface area contributed by atoms with Crippen LogP contribution in [0.2, 0.25) is 0 Å². The lowest BCUT2D eigenvalue weighted by Crippen LogP contribution is -2.62. The molecule has 0 radical (unpaired) electrons. The average Bonchev–Trinajstić information content (AvgIpc) is 3.46. The quantitative estimate of drug-likeness (QED) is 0.0886. The summed E-state index contributed by atoms with van der Waals surface area (Å²) in [5, 5.41) is 0. The number of sulfone groups is 1. The number of hydrogen-bond acceptors (Lipinski definition) is 9. The van der Waals surface area contributed by atoms with E-state index in [2.05, 4.69) is 0 Å². The van der Waals surface area contributed by atoms with Crippen LogP contribution in [0.5, 0.6) is 0 Å². The van der Waals surface area contributed by atoms with Crippen molar-refractivity contribution in [2.24, 2.45) is 0 Å². The van der Waals surface area contributed by atoms with Gasteiger partial charge in [-0.2, -0.15) is 0 Å². The van der Waals surface area contributed by atoms with Gasteiger partial charge in [-0.05, 0) is 67.5 Å². The molecule has 304 valence electrons. The Hall–Kier alpha value is -4.17. The minimum atomic E-state index is -3.94. The summed E-state index contributed by atoms with van der Waals surface area (Å²) in [6.45, 7) is 9.15. The highest BCUT2D eigenvalue weighted by atomic mass is 32.2. The van der Waals surface area contributed by atoms with Crippen molar-refractivity contribution in [1.82, 2.24) is 0 Å². The predicted molar refractivity (Wildman–Crippen MR) is 224 cm³/mol. The Kier molecular flexibility index (Phi) is 13.6. The van der Waals surface area contributed by atoms with Gasteiger partial charge in [-0.15, -0.1) is 0 Å². The minimum Gasteiger partial charge on any atom is -0.399 e. The van der Waals surface area contributed by atoms with Crippen LogP contribution in [0.15, 0.2) is 150 Å². The van der Waals surface area contributed by atoms with Crippen molar-refractivity contribution >= 4 is 22.4 Å². The number of hydrogen-bond donors (Lipinski definition) is 0. The first kappa shape index (κ1) is 42.0. The van der Waals surface area contributed by atoms with Crippen LogP contribution in [0.3, 0.4) is 0 Å². The Labute approximate surface area is 343 Å². The molecule has 9 nitrogen and oxygen atoms in total. The van der Waals surface area contributed by atoms with E-state index in [1.807, 2.05) is 149 Å². The van der Waals surface area contributed by atoms with Crippen molar-refractivity contribution in [2.45, 2.75) is 101 Å². The lowest BCUT2D eigenvalue weighted by atomic mass is 9.79. The third-order valence-electron chi connectivity index (χ3n) is 11.1. The molecule has 5 aromatic carbocycles. The fourth-order valence-electron chi connectivity index (χ4n) is 7.14. The van der Waals surface area contributed by atoms with Crippen molar-refractivity contribution in [1.29, 1.82) is 0 Å². The van der Waals surface area contributed by atoms with Crippen LogP contribution >= 0.6 is 0 Å². The zero-order chi connectivity index (χ0) is 40.6. The molecular formula is C47H53BO9S. The lowest BCUT2D eigenvalue weighted by Gasteiger charge is -2.46. The zero-order valence-electron chi connectivity index (χ0n) is 33.6. The van der Waals surface area contributed by atoms with E-state index in [1.54, 1.807) is 24.3 Å². The van der Waals surface area contributed by atoms with Gasteiger partial charge in [-0.3, -0.25) is 0 Å². The topological polar surface area (TPSA) is 98.8 Å². The van der Waals surface area contributed by atoms with Crippen LogP contribution in [-0.2, 0) is 69.3 Å². The maximum absolute atomic E-state index is 14.4. The predicted octanol–water partition coefficient (Wildman–Crippen LogP) is 7.50. The van der Waals surface area contributed by atoms with E-state index in [4.69, 9.17) is 33.0 Å². The minimum absolute atomic E-state index is 0.129. The number of ether oxygens (including phenoxy) is 5. The molecule has 0 aromatic heterocycles. The fourth-order valence-corrected chi connectivity index (χ4v) is 8.59. The Morgan fingerprint density at radius 3 is 1.36 bits per heavy atom. The van der Waals surface area contributed by atoms with Gasteiger partial charge in [0.25, 0.3) is 0 Å². The normalized spacial score (nSPS) is 22.8. The van der Waals surface area contributed by atoms with Crippen molar-refractivity contribution < 1.29 is 41.4 Å². The van der Waals surface area contributed by atoms with E-state index >= 15 is 0 Å². The van der Waals surface area contributed by atoms with Crippen molar-refractivity contribution in [3.8, 4) is 0 Å². The van der Waals surface area contributed by atoms with Gasteiger partial charge in [-0.1, -0.05) is 133 Å². The summed E-state index contributed by atoms with van der Waals surface area (Å²) in [5.74, 6) is -0.367. The summed E-state index contributed by atoms with van der Waals surface area (Å²) in [7, 11) is -4.56. The summed E-state index contributed by atoms with van der Waals surface area (Å²) in [4.78, 5) is 0.152. The maximum Gasteiger partial charge on any atom is 0.494 e. The lowest BCUT2D eigenvalue weighted by molar-refractivity contribution is -0.268. The number of benzene rings is 5. The van der Waals surface area contributed by atoms with Crippen LogP contribution in [0.1, 0.15) is 49.9 Å². The molecule has 0 bridgehead atoms. The van der Waals surface area contributed by atoms with E-state index in [9.17, 15) is 8.42 Å². The molecule has 0 spiro atoms. The molecule has 0 N–H and O–H groups in total. The second-order valence-corrected chi connectivity index (χ2v) is 18.0. The number of rotatable bonds is 17. The van der Waals surface area contributed by atoms with Gasteiger partial charge >= 0.3 is 7.12 Å². The average molecular weight is 805 g/mol. The van der Waals surface area contributed by atoms with E-state index in [-0.39, 0.29) is 37.1 Å². The van der Waals surface area contributed by atoms with Crippen LogP contribution in [-0.4, -0.2) is 69.6 Å². The van der Waals surface area contributed by atoms with Gasteiger partial charge in [0.15, 0.2) is 9.84 Å². The Morgan fingerprint density at radius 1 is 0.517 bits per heavy atom. The highest BCUT2D eigenvalue weighted by molar-refractivity contribution is 7.91. The first-order chi connectivity index (χ1) is 28.0. The van der Waals surface area contributed by atoms with Gasteiger partial charge in [0, 0.05) is 0 Å². The molecule has 2 fully saturated rings. The second kappa shape index (κ2) is 18.8. The van der Waals surface area contributed by atoms with E-state index in [0.717, 1.165) is 27.7 Å². The van der Waals surface area contributed by atoms with Gasteiger partial charge in [0.05, 0.1) is 54.9 Å². The Bertz CT molecular complexity index is 2100. The van der Waals surface area contributed by atoms with Crippen molar-refractivity contribution in [2.75, 3.05) is 12.4 Å². The summed E-state index contributed by atoms with van der Waals surface area (Å²) in [6, 6.07) is 46.1. The van der Waals surface area contributed by atoms with Crippen molar-refractivity contribution in [3.05, 3.63) is 168 Å². The summed E-state index contributed by atoms with van der Waals surface area (Å²) in [6.07, 6.45) is -3.90. The monoisotopic (exact) mass is 804 g/mol. The second-order valence-electron chi connectivity index (χ2n) is 15.9. The standard InChI is InChI=1S/C47H53BO9S/c1-46(2)47(3,4)57-48(56-46)39-25-27-40(28-26-39)58(49,50)34-42-44(53-31-37-21-13-7-14-22-37)45(54-32-38-23-15-8-16-24-38)43(52-30-36-19-11-6-12-20-36)41(55-42)33-51-29-35-17-9-5-10-18-35/h5-28,41-45H,29-34H2,1-4H3/t41?,42-,43-,44?,45-/m0/s1. The highest BCUT2D eigenvalue weighted by Gasteiger charge is 2.52. The van der Waals surface area contributed by atoms with Gasteiger partial charge in [-0.25, -0.2) is 8.42 Å². The van der Waals surface area contributed by atoms with E-state index < -0.39 is 58.7 Å². The van der Waals surface area contributed by atoms with Crippen LogP contribution in [0.4, 0.5) is 0 Å². The molecule has 2 unspecified atom stereocenters. The van der Waals surface area contributed by atoms with Gasteiger partial charge in [0.1, 0.15) is 30.5 Å². The molecule has 2 saturated heterocycles. The van der Waals surface area contributed by atoms with Gasteiger partial charge < -0.3 is 33.0 Å². The van der Waals surface area contributed by atoms with Crippen LogP contribution in [0, 0.1) is 0 Å². The molecule has 2 heterocycles. The molecule has 2 aliphatic rings. The largest absolute Gasteiger partial charge is 0.494 e. The van der Waals surface area contributed by atoms with Crippen LogP contribution in [0.25, 0.3) is 0 Å². The molecule has 0 amide bonds. The smallest absolute Gasteiger partial charge is 0.399 e. The molecule has 5 aromatic rings. The third kappa shape index (κ3) is 10.5. The molecule has 7 rings (SSSR count). The zero-order valence-corrected chi connectivity index (χ0v) is 34.5. The van der Waals surface area contributed by atoms with Crippen LogP contribution < -0.4 is 5.46 Å². The molecule has 0 aliphatic carbocycles. The fraction of sp³-hybridized carbons (Fsp3) is 0.362. The SMILES string of the molecule is CC1(C)OB(c2ccc(S(=O)(=O)C[C@@H]3OC(COCc4ccccc4)[C@H](OCc4ccccc4)[C@H](OCc4ccccc4)C3OCc3ccccc3)cc2)OC1(C)C. The van der Waals surface area contributed by atoms with E-state index in [1.165, 1.54) is 0 Å². The van der Waals surface area contributed by atoms with Crippen molar-refractivity contribution in [3.63, 3.8) is 0 Å². The van der Waals surface area contributed by atoms with Gasteiger partial charge in [0.2, 0.25) is 0 Å².